The SMILES string of the molecule is CC(C)C[C@@H](CN(C)C)NC(=S)Nc1cc(C(F)(F)F)cc(C(F)(F)F)c1. The van der Waals surface area contributed by atoms with Gasteiger partial charge in [0.2, 0.25) is 0 Å². The first-order valence-corrected chi connectivity index (χ1v) is 8.61. The van der Waals surface area contributed by atoms with Crippen LogP contribution in [0, 0.1) is 5.92 Å². The Labute approximate surface area is 160 Å². The fourth-order valence-corrected chi connectivity index (χ4v) is 2.85. The van der Waals surface area contributed by atoms with E-state index in [9.17, 15) is 26.3 Å². The van der Waals surface area contributed by atoms with Gasteiger partial charge in [0.1, 0.15) is 0 Å². The van der Waals surface area contributed by atoms with Crippen molar-refractivity contribution in [2.24, 2.45) is 5.92 Å². The van der Waals surface area contributed by atoms with E-state index in [0.29, 0.717) is 24.6 Å². The minimum absolute atomic E-state index is 0.0325. The largest absolute Gasteiger partial charge is 0.416 e. The standard InChI is InChI=1S/C17H23F6N3S/c1-10(2)5-14(9-26(3)4)25-15(27)24-13-7-11(16(18,19)20)6-12(8-13)17(21,22)23/h6-8,10,14H,5,9H2,1-4H3,(H2,24,25,27)/t14-/m0/s1. The van der Waals surface area contributed by atoms with Crippen molar-refractivity contribution in [3.05, 3.63) is 29.3 Å². The Morgan fingerprint density at radius 1 is 1.00 bits per heavy atom. The minimum atomic E-state index is -4.90. The Balaban J connectivity index is 3.03. The number of rotatable bonds is 6. The van der Waals surface area contributed by atoms with Crippen molar-refractivity contribution < 1.29 is 26.3 Å². The molecular formula is C17H23F6N3S. The Hall–Kier alpha value is -1.55. The third kappa shape index (κ3) is 8.34. The van der Waals surface area contributed by atoms with Crippen LogP contribution in [0.15, 0.2) is 18.2 Å². The number of likely N-dealkylation sites (N-methyl/N-ethyl adjacent to an activating group) is 1. The predicted molar refractivity (Wildman–Crippen MR) is 97.6 cm³/mol. The third-order valence-electron chi connectivity index (χ3n) is 3.52. The van der Waals surface area contributed by atoms with E-state index in [4.69, 9.17) is 12.2 Å². The summed E-state index contributed by atoms with van der Waals surface area (Å²) in [5.74, 6) is 0.329. The second kappa shape index (κ2) is 9.09. The Bertz CT molecular complexity index is 598. The van der Waals surface area contributed by atoms with Gasteiger partial charge in [-0.15, -0.1) is 0 Å². The lowest BCUT2D eigenvalue weighted by Crippen LogP contribution is -2.44. The molecule has 0 aliphatic heterocycles. The summed E-state index contributed by atoms with van der Waals surface area (Å²) in [5, 5.41) is 5.37. The van der Waals surface area contributed by atoms with Gasteiger partial charge in [-0.1, -0.05) is 13.8 Å². The number of anilines is 1. The van der Waals surface area contributed by atoms with Crippen molar-refractivity contribution in [3.8, 4) is 0 Å². The van der Waals surface area contributed by atoms with Crippen LogP contribution in [-0.4, -0.2) is 36.7 Å². The molecule has 1 rings (SSSR count). The van der Waals surface area contributed by atoms with Crippen LogP contribution in [0.4, 0.5) is 32.0 Å². The zero-order valence-corrected chi connectivity index (χ0v) is 16.2. The number of halogens is 6. The molecular weight excluding hydrogens is 392 g/mol. The van der Waals surface area contributed by atoms with Crippen LogP contribution < -0.4 is 10.6 Å². The number of nitrogens with zero attached hydrogens (tertiary/aromatic N) is 1. The molecule has 0 spiro atoms. The van der Waals surface area contributed by atoms with Gasteiger partial charge >= 0.3 is 12.4 Å². The third-order valence-corrected chi connectivity index (χ3v) is 3.74. The molecule has 1 atom stereocenters. The summed E-state index contributed by atoms with van der Waals surface area (Å²) in [6.45, 7) is 4.61. The number of hydrogen-bond donors (Lipinski definition) is 2. The van der Waals surface area contributed by atoms with E-state index in [0.717, 1.165) is 6.42 Å². The first-order chi connectivity index (χ1) is 12.2. The zero-order chi connectivity index (χ0) is 21.0. The van der Waals surface area contributed by atoms with E-state index < -0.39 is 23.5 Å². The quantitative estimate of drug-likeness (QED) is 0.506. The predicted octanol–water partition coefficient (Wildman–Crippen LogP) is 4.99. The van der Waals surface area contributed by atoms with E-state index in [-0.39, 0.29) is 22.9 Å². The van der Waals surface area contributed by atoms with Gasteiger partial charge < -0.3 is 15.5 Å². The maximum atomic E-state index is 12.9. The molecule has 2 N–H and O–H groups in total. The average molecular weight is 415 g/mol. The van der Waals surface area contributed by atoms with Crippen LogP contribution in [0.25, 0.3) is 0 Å². The van der Waals surface area contributed by atoms with Crippen molar-refractivity contribution in [1.82, 2.24) is 10.2 Å². The normalized spacial score (nSPS) is 13.8. The lowest BCUT2D eigenvalue weighted by Gasteiger charge is -2.25. The van der Waals surface area contributed by atoms with Gasteiger partial charge in [-0.05, 0) is 56.9 Å². The summed E-state index contributed by atoms with van der Waals surface area (Å²) < 4.78 is 77.5. The highest BCUT2D eigenvalue weighted by Crippen LogP contribution is 2.37. The van der Waals surface area contributed by atoms with Crippen molar-refractivity contribution >= 4 is 23.0 Å². The second-order valence-electron chi connectivity index (χ2n) is 6.98. The Kier molecular flexibility index (Phi) is 7.91. The van der Waals surface area contributed by atoms with Crippen molar-refractivity contribution in [3.63, 3.8) is 0 Å². The molecule has 3 nitrogen and oxygen atoms in total. The second-order valence-corrected chi connectivity index (χ2v) is 7.39. The molecule has 1 aromatic rings. The molecule has 0 aliphatic rings. The molecule has 1 aromatic carbocycles. The highest BCUT2D eigenvalue weighted by Gasteiger charge is 2.37. The van der Waals surface area contributed by atoms with Crippen LogP contribution in [0.3, 0.4) is 0 Å². The van der Waals surface area contributed by atoms with Gasteiger partial charge in [-0.3, -0.25) is 0 Å². The number of thiocarbonyl (C=S) groups is 1. The van der Waals surface area contributed by atoms with Gasteiger partial charge in [0.15, 0.2) is 5.11 Å². The molecule has 0 aliphatic carbocycles. The smallest absolute Gasteiger partial charge is 0.358 e. The van der Waals surface area contributed by atoms with Gasteiger partial charge in [0.25, 0.3) is 0 Å². The number of hydrogen-bond acceptors (Lipinski definition) is 2. The lowest BCUT2D eigenvalue weighted by atomic mass is 10.0. The number of benzene rings is 1. The summed E-state index contributed by atoms with van der Waals surface area (Å²) in [5.41, 5.74) is -3.16. The molecule has 0 radical (unpaired) electrons. The van der Waals surface area contributed by atoms with Gasteiger partial charge in [0.05, 0.1) is 11.1 Å². The van der Waals surface area contributed by atoms with Crippen LogP contribution in [-0.2, 0) is 12.4 Å². The topological polar surface area (TPSA) is 27.3 Å². The molecule has 27 heavy (non-hydrogen) atoms. The van der Waals surface area contributed by atoms with Crippen molar-refractivity contribution in [2.75, 3.05) is 26.0 Å². The van der Waals surface area contributed by atoms with E-state index in [2.05, 4.69) is 10.6 Å². The maximum absolute atomic E-state index is 12.9. The summed E-state index contributed by atoms with van der Waals surface area (Å²) in [4.78, 5) is 1.91. The molecule has 0 fully saturated rings. The molecule has 154 valence electrons. The van der Waals surface area contributed by atoms with Crippen LogP contribution >= 0.6 is 12.2 Å². The lowest BCUT2D eigenvalue weighted by molar-refractivity contribution is -0.143. The molecule has 0 saturated heterocycles. The first kappa shape index (κ1) is 23.5. The van der Waals surface area contributed by atoms with Crippen LogP contribution in [0.1, 0.15) is 31.4 Å². The summed E-state index contributed by atoms with van der Waals surface area (Å²) in [6.07, 6.45) is -9.08. The number of alkyl halides is 6. The minimum Gasteiger partial charge on any atom is -0.358 e. The van der Waals surface area contributed by atoms with Gasteiger partial charge in [-0.25, -0.2) is 0 Å². The fraction of sp³-hybridized carbons (Fsp3) is 0.588. The highest BCUT2D eigenvalue weighted by molar-refractivity contribution is 7.80. The van der Waals surface area contributed by atoms with E-state index in [1.54, 1.807) is 0 Å². The molecule has 0 amide bonds. The molecule has 0 aromatic heterocycles. The van der Waals surface area contributed by atoms with Gasteiger partial charge in [-0.2, -0.15) is 26.3 Å². The monoisotopic (exact) mass is 415 g/mol. The van der Waals surface area contributed by atoms with Crippen molar-refractivity contribution in [1.29, 1.82) is 0 Å². The number of nitrogens with one attached hydrogen (secondary N) is 2. The van der Waals surface area contributed by atoms with Crippen LogP contribution in [0.2, 0.25) is 0 Å². The van der Waals surface area contributed by atoms with E-state index in [1.165, 1.54) is 0 Å². The summed E-state index contributed by atoms with van der Waals surface area (Å²) in [7, 11) is 3.71. The maximum Gasteiger partial charge on any atom is 0.416 e. The molecule has 0 bridgehead atoms. The van der Waals surface area contributed by atoms with E-state index in [1.807, 2.05) is 32.8 Å². The highest BCUT2D eigenvalue weighted by atomic mass is 32.1. The van der Waals surface area contributed by atoms with Crippen molar-refractivity contribution in [2.45, 2.75) is 38.7 Å². The molecule has 10 heteroatoms. The fourth-order valence-electron chi connectivity index (χ4n) is 2.57. The zero-order valence-electron chi connectivity index (χ0n) is 15.4. The average Bonchev–Trinajstić information content (AvgIpc) is 2.43. The van der Waals surface area contributed by atoms with Crippen LogP contribution in [0.5, 0.6) is 0 Å². The summed E-state index contributed by atoms with van der Waals surface area (Å²) >= 11 is 5.09. The van der Waals surface area contributed by atoms with Gasteiger partial charge in [0, 0.05) is 18.3 Å². The molecule has 0 saturated carbocycles. The Morgan fingerprint density at radius 2 is 1.48 bits per heavy atom. The Morgan fingerprint density at radius 3 is 1.85 bits per heavy atom. The first-order valence-electron chi connectivity index (χ1n) is 8.20. The summed E-state index contributed by atoms with van der Waals surface area (Å²) in [6, 6.07) is 1.18. The molecule has 0 unspecified atom stereocenters. The van der Waals surface area contributed by atoms with E-state index >= 15 is 0 Å². The molecule has 0 heterocycles.